The summed E-state index contributed by atoms with van der Waals surface area (Å²) in [5, 5.41) is 0. The van der Waals surface area contributed by atoms with Crippen LogP contribution in [0.25, 0.3) is 0 Å². The SMILES string of the molecule is Fc1ccc(C(Br)Cc2ccc(C(F)(F)F)cc2)c(I)c1. The molecule has 0 spiro atoms. The molecule has 0 N–H and O–H groups in total. The summed E-state index contributed by atoms with van der Waals surface area (Å²) in [6.45, 7) is 0. The molecule has 2 aromatic carbocycles. The van der Waals surface area contributed by atoms with Gasteiger partial charge in [-0.15, -0.1) is 0 Å². The van der Waals surface area contributed by atoms with Gasteiger partial charge in [0.25, 0.3) is 0 Å². The van der Waals surface area contributed by atoms with Crippen molar-refractivity contribution in [2.45, 2.75) is 17.4 Å². The molecule has 2 aromatic rings. The highest BCUT2D eigenvalue weighted by Crippen LogP contribution is 2.33. The molecule has 0 heterocycles. The molecule has 0 amide bonds. The molecule has 0 nitrogen and oxygen atoms in total. The summed E-state index contributed by atoms with van der Waals surface area (Å²) < 4.78 is 51.3. The zero-order valence-electron chi connectivity index (χ0n) is 10.6. The van der Waals surface area contributed by atoms with Crippen molar-refractivity contribution >= 4 is 38.5 Å². The van der Waals surface area contributed by atoms with Gasteiger partial charge >= 0.3 is 6.18 Å². The maximum atomic E-state index is 13.1. The topological polar surface area (TPSA) is 0 Å². The second kappa shape index (κ2) is 6.64. The highest BCUT2D eigenvalue weighted by Gasteiger charge is 2.30. The van der Waals surface area contributed by atoms with Crippen LogP contribution in [0.1, 0.15) is 21.5 Å². The second-order valence-electron chi connectivity index (χ2n) is 4.53. The van der Waals surface area contributed by atoms with E-state index in [1.165, 1.54) is 24.3 Å². The van der Waals surface area contributed by atoms with Crippen LogP contribution < -0.4 is 0 Å². The number of rotatable bonds is 3. The highest BCUT2D eigenvalue weighted by atomic mass is 127. The van der Waals surface area contributed by atoms with E-state index in [1.54, 1.807) is 6.07 Å². The standard InChI is InChI=1S/C15H10BrF4I/c16-13(12-6-5-11(17)8-14(12)21)7-9-1-3-10(4-2-9)15(18,19)20/h1-6,8,13H,7H2. The van der Waals surface area contributed by atoms with Crippen LogP contribution in [0, 0.1) is 9.39 Å². The van der Waals surface area contributed by atoms with Gasteiger partial charge in [0.1, 0.15) is 5.82 Å². The van der Waals surface area contributed by atoms with Gasteiger partial charge in [-0.25, -0.2) is 4.39 Å². The molecule has 0 aliphatic rings. The fraction of sp³-hybridized carbons (Fsp3) is 0.200. The Bertz CT molecular complexity index is 623. The van der Waals surface area contributed by atoms with E-state index in [0.717, 1.165) is 26.8 Å². The Balaban J connectivity index is 2.14. The molecule has 2 rings (SSSR count). The molecule has 0 fully saturated rings. The van der Waals surface area contributed by atoms with Crippen molar-refractivity contribution in [2.24, 2.45) is 0 Å². The Morgan fingerprint density at radius 1 is 1.05 bits per heavy atom. The van der Waals surface area contributed by atoms with Crippen molar-refractivity contribution in [1.82, 2.24) is 0 Å². The molecule has 0 radical (unpaired) electrons. The van der Waals surface area contributed by atoms with Gasteiger partial charge in [-0.1, -0.05) is 34.1 Å². The van der Waals surface area contributed by atoms with Crippen molar-refractivity contribution in [3.63, 3.8) is 0 Å². The van der Waals surface area contributed by atoms with E-state index in [4.69, 9.17) is 0 Å². The molecule has 0 saturated carbocycles. The predicted octanol–water partition coefficient (Wildman–Crippen LogP) is 6.13. The molecule has 0 aromatic heterocycles. The molecular weight excluding hydrogens is 463 g/mol. The Morgan fingerprint density at radius 2 is 1.67 bits per heavy atom. The minimum absolute atomic E-state index is 0.0817. The summed E-state index contributed by atoms with van der Waals surface area (Å²) in [6, 6.07) is 9.56. The Labute approximate surface area is 141 Å². The molecule has 6 heteroatoms. The van der Waals surface area contributed by atoms with Crippen molar-refractivity contribution < 1.29 is 17.6 Å². The van der Waals surface area contributed by atoms with Gasteiger partial charge in [-0.2, -0.15) is 13.2 Å². The third-order valence-electron chi connectivity index (χ3n) is 3.00. The first-order valence-corrected chi connectivity index (χ1v) is 8.02. The predicted molar refractivity (Wildman–Crippen MR) is 85.9 cm³/mol. The molecule has 112 valence electrons. The fourth-order valence-electron chi connectivity index (χ4n) is 1.90. The monoisotopic (exact) mass is 472 g/mol. The van der Waals surface area contributed by atoms with Crippen LogP contribution in [-0.4, -0.2) is 0 Å². The number of hydrogen-bond acceptors (Lipinski definition) is 0. The molecule has 21 heavy (non-hydrogen) atoms. The minimum atomic E-state index is -4.32. The maximum Gasteiger partial charge on any atom is 0.416 e. The quantitative estimate of drug-likeness (QED) is 0.286. The van der Waals surface area contributed by atoms with Gasteiger partial charge in [-0.3, -0.25) is 0 Å². The number of halogens is 6. The third-order valence-corrected chi connectivity index (χ3v) is 4.75. The third kappa shape index (κ3) is 4.42. The van der Waals surface area contributed by atoms with Crippen LogP contribution in [0.5, 0.6) is 0 Å². The van der Waals surface area contributed by atoms with Crippen LogP contribution in [0.2, 0.25) is 0 Å². The van der Waals surface area contributed by atoms with Gasteiger partial charge in [0.2, 0.25) is 0 Å². The van der Waals surface area contributed by atoms with Crippen molar-refractivity contribution in [3.8, 4) is 0 Å². The lowest BCUT2D eigenvalue weighted by Crippen LogP contribution is -2.05. The van der Waals surface area contributed by atoms with E-state index < -0.39 is 11.7 Å². The summed E-state index contributed by atoms with van der Waals surface area (Å²) >= 11 is 5.55. The van der Waals surface area contributed by atoms with Crippen molar-refractivity contribution in [2.75, 3.05) is 0 Å². The number of benzene rings is 2. The van der Waals surface area contributed by atoms with Gasteiger partial charge in [0.15, 0.2) is 0 Å². The summed E-state index contributed by atoms with van der Waals surface area (Å²) in [5.41, 5.74) is 1.04. The molecular formula is C15H10BrF4I. The lowest BCUT2D eigenvalue weighted by atomic mass is 10.0. The average molecular weight is 473 g/mol. The van der Waals surface area contributed by atoms with Gasteiger partial charge in [0, 0.05) is 8.40 Å². The molecule has 0 saturated heterocycles. The normalized spacial score (nSPS) is 13.2. The number of hydrogen-bond donors (Lipinski definition) is 0. The second-order valence-corrected chi connectivity index (χ2v) is 6.80. The molecule has 0 bridgehead atoms. The maximum absolute atomic E-state index is 13.1. The van der Waals surface area contributed by atoms with Gasteiger partial charge in [0.05, 0.1) is 5.56 Å². The minimum Gasteiger partial charge on any atom is -0.207 e. The largest absolute Gasteiger partial charge is 0.416 e. The molecule has 0 aliphatic carbocycles. The van der Waals surface area contributed by atoms with E-state index >= 15 is 0 Å². The van der Waals surface area contributed by atoms with Crippen molar-refractivity contribution in [3.05, 3.63) is 68.5 Å². The molecule has 1 atom stereocenters. The van der Waals surface area contributed by atoms with Crippen molar-refractivity contribution in [1.29, 1.82) is 0 Å². The lowest BCUT2D eigenvalue weighted by Gasteiger charge is -2.13. The first-order valence-electron chi connectivity index (χ1n) is 6.02. The van der Waals surface area contributed by atoms with E-state index in [2.05, 4.69) is 15.9 Å². The fourth-order valence-corrected chi connectivity index (χ4v) is 3.96. The first kappa shape index (κ1) is 16.7. The molecule has 0 aliphatic heterocycles. The Morgan fingerprint density at radius 3 is 2.19 bits per heavy atom. The summed E-state index contributed by atoms with van der Waals surface area (Å²) in [6.07, 6.45) is -3.79. The average Bonchev–Trinajstić information content (AvgIpc) is 2.38. The lowest BCUT2D eigenvalue weighted by molar-refractivity contribution is -0.137. The van der Waals surface area contributed by atoms with E-state index in [0.29, 0.717) is 6.42 Å². The van der Waals surface area contributed by atoms with Crippen LogP contribution in [0.4, 0.5) is 17.6 Å². The van der Waals surface area contributed by atoms with E-state index in [9.17, 15) is 17.6 Å². The Hall–Kier alpha value is -0.630. The van der Waals surface area contributed by atoms with E-state index in [1.807, 2.05) is 22.6 Å². The highest BCUT2D eigenvalue weighted by molar-refractivity contribution is 14.1. The summed E-state index contributed by atoms with van der Waals surface area (Å²) in [7, 11) is 0. The van der Waals surface area contributed by atoms with Crippen LogP contribution in [0.15, 0.2) is 42.5 Å². The van der Waals surface area contributed by atoms with Gasteiger partial charge in [-0.05, 0) is 64.4 Å². The van der Waals surface area contributed by atoms with Crippen LogP contribution >= 0.6 is 38.5 Å². The van der Waals surface area contributed by atoms with Crippen LogP contribution in [-0.2, 0) is 12.6 Å². The summed E-state index contributed by atoms with van der Waals surface area (Å²) in [5.74, 6) is -0.308. The smallest absolute Gasteiger partial charge is 0.207 e. The van der Waals surface area contributed by atoms with Gasteiger partial charge < -0.3 is 0 Å². The zero-order valence-corrected chi connectivity index (χ0v) is 14.3. The van der Waals surface area contributed by atoms with Crippen LogP contribution in [0.3, 0.4) is 0 Å². The molecule has 1 unspecified atom stereocenters. The Kier molecular flexibility index (Phi) is 5.29. The zero-order chi connectivity index (χ0) is 15.6. The first-order chi connectivity index (χ1) is 9.77. The van der Waals surface area contributed by atoms with E-state index in [-0.39, 0.29) is 10.6 Å². The summed E-state index contributed by atoms with van der Waals surface area (Å²) in [4.78, 5) is -0.0817. The number of alkyl halides is 4.